The zero-order valence-corrected chi connectivity index (χ0v) is 14.1. The van der Waals surface area contributed by atoms with E-state index in [1.165, 1.54) is 6.07 Å². The van der Waals surface area contributed by atoms with Crippen molar-refractivity contribution in [2.75, 3.05) is 22.9 Å². The first-order valence-corrected chi connectivity index (χ1v) is 8.51. The molecule has 2 heterocycles. The summed E-state index contributed by atoms with van der Waals surface area (Å²) < 4.78 is 67.7. The van der Waals surface area contributed by atoms with Gasteiger partial charge in [-0.25, -0.2) is 8.78 Å². The molecule has 2 aromatic carbocycles. The van der Waals surface area contributed by atoms with Crippen LogP contribution in [0.25, 0.3) is 0 Å². The number of carbonyl (C=O) groups is 1. The van der Waals surface area contributed by atoms with Crippen LogP contribution in [-0.4, -0.2) is 25.0 Å². The predicted molar refractivity (Wildman–Crippen MR) is 89.8 cm³/mol. The van der Waals surface area contributed by atoms with E-state index >= 15 is 0 Å². The van der Waals surface area contributed by atoms with Gasteiger partial charge in [0, 0.05) is 19.1 Å². The topological polar surface area (TPSA) is 23.6 Å². The summed E-state index contributed by atoms with van der Waals surface area (Å²) in [4.78, 5) is 15.9. The molecule has 2 aliphatic rings. The largest absolute Gasteiger partial charge is 0.416 e. The van der Waals surface area contributed by atoms with Gasteiger partial charge >= 0.3 is 6.18 Å². The first-order valence-electron chi connectivity index (χ1n) is 8.51. The molecule has 1 saturated heterocycles. The summed E-state index contributed by atoms with van der Waals surface area (Å²) in [6.07, 6.45) is -3.00. The van der Waals surface area contributed by atoms with Crippen LogP contribution in [-0.2, 0) is 6.18 Å². The molecular weight excluding hydrogens is 367 g/mol. The minimum atomic E-state index is -4.59. The number of anilines is 2. The van der Waals surface area contributed by atoms with E-state index in [4.69, 9.17) is 0 Å². The fourth-order valence-electron chi connectivity index (χ4n) is 3.84. The van der Waals surface area contributed by atoms with Crippen LogP contribution in [0.1, 0.15) is 28.8 Å². The smallest absolute Gasteiger partial charge is 0.365 e. The highest BCUT2D eigenvalue weighted by Gasteiger charge is 2.40. The molecule has 0 saturated carbocycles. The number of hydrogen-bond donors (Lipinski definition) is 0. The number of hydrogen-bond acceptors (Lipinski definition) is 2. The molecule has 8 heteroatoms. The van der Waals surface area contributed by atoms with E-state index < -0.39 is 34.8 Å². The molecular formula is C19H15F5N2O. The van der Waals surface area contributed by atoms with Crippen molar-refractivity contribution in [1.29, 1.82) is 0 Å². The van der Waals surface area contributed by atoms with Crippen LogP contribution in [0.15, 0.2) is 36.4 Å². The van der Waals surface area contributed by atoms with Gasteiger partial charge in [-0.1, -0.05) is 6.07 Å². The van der Waals surface area contributed by atoms with Crippen molar-refractivity contribution in [3.8, 4) is 0 Å². The van der Waals surface area contributed by atoms with E-state index in [-0.39, 0.29) is 18.3 Å². The molecule has 27 heavy (non-hydrogen) atoms. The second-order valence-corrected chi connectivity index (χ2v) is 6.70. The van der Waals surface area contributed by atoms with Gasteiger partial charge in [-0.15, -0.1) is 0 Å². The molecule has 0 aliphatic carbocycles. The molecule has 0 spiro atoms. The fraction of sp³-hybridized carbons (Fsp3) is 0.316. The van der Waals surface area contributed by atoms with Gasteiger partial charge in [-0.3, -0.25) is 4.79 Å². The third-order valence-corrected chi connectivity index (χ3v) is 5.10. The van der Waals surface area contributed by atoms with Crippen LogP contribution in [0.4, 0.5) is 33.3 Å². The lowest BCUT2D eigenvalue weighted by atomic mass is 10.0. The summed E-state index contributed by atoms with van der Waals surface area (Å²) in [6, 6.07) is 6.12. The van der Waals surface area contributed by atoms with Crippen LogP contribution < -0.4 is 9.80 Å². The Balaban J connectivity index is 1.84. The van der Waals surface area contributed by atoms with Gasteiger partial charge in [0.25, 0.3) is 5.91 Å². The third kappa shape index (κ3) is 2.93. The summed E-state index contributed by atoms with van der Waals surface area (Å²) in [5, 5.41) is 0. The molecule has 2 aromatic rings. The van der Waals surface area contributed by atoms with Gasteiger partial charge in [0.2, 0.25) is 0 Å². The van der Waals surface area contributed by atoms with Crippen LogP contribution >= 0.6 is 0 Å². The van der Waals surface area contributed by atoms with Gasteiger partial charge in [0.15, 0.2) is 0 Å². The maximum Gasteiger partial charge on any atom is 0.416 e. The van der Waals surface area contributed by atoms with E-state index in [9.17, 15) is 26.7 Å². The maximum absolute atomic E-state index is 14.1. The van der Waals surface area contributed by atoms with Gasteiger partial charge in [-0.05, 0) is 43.2 Å². The summed E-state index contributed by atoms with van der Waals surface area (Å²) >= 11 is 0. The molecule has 2 aliphatic heterocycles. The number of carbonyl (C=O) groups excluding carboxylic acids is 1. The van der Waals surface area contributed by atoms with Gasteiger partial charge in [0.1, 0.15) is 17.2 Å². The zero-order valence-electron chi connectivity index (χ0n) is 14.1. The average molecular weight is 382 g/mol. The van der Waals surface area contributed by atoms with Crippen molar-refractivity contribution < 1.29 is 26.7 Å². The molecule has 142 valence electrons. The Morgan fingerprint density at radius 3 is 2.41 bits per heavy atom. The van der Waals surface area contributed by atoms with Crippen molar-refractivity contribution in [2.45, 2.75) is 25.1 Å². The third-order valence-electron chi connectivity index (χ3n) is 5.10. The number of benzene rings is 2. The number of alkyl halides is 3. The number of rotatable bonds is 1. The standard InChI is InChI=1S/C19H15F5N2O/c20-13-4-1-5-14(21)17(13)18(27)26-10-12-3-2-8-25(12)15-7-6-11(9-16(15)26)19(22,23)24/h1,4-7,9,12H,2-3,8,10H2/t12-/m1/s1. The maximum atomic E-state index is 14.1. The second kappa shape index (κ2) is 6.21. The number of halogens is 5. The number of amides is 1. The minimum absolute atomic E-state index is 0.0237. The molecule has 0 unspecified atom stereocenters. The highest BCUT2D eigenvalue weighted by molar-refractivity contribution is 6.09. The lowest BCUT2D eigenvalue weighted by molar-refractivity contribution is -0.137. The molecule has 0 aromatic heterocycles. The van der Waals surface area contributed by atoms with Gasteiger partial charge in [0.05, 0.1) is 16.9 Å². The Kier molecular flexibility index (Phi) is 4.09. The Hall–Kier alpha value is -2.64. The van der Waals surface area contributed by atoms with Crippen molar-refractivity contribution in [3.05, 3.63) is 59.2 Å². The summed E-state index contributed by atoms with van der Waals surface area (Å²) in [7, 11) is 0. The Bertz CT molecular complexity index is 891. The predicted octanol–water partition coefficient (Wildman–Crippen LogP) is 4.61. The second-order valence-electron chi connectivity index (χ2n) is 6.70. The normalized spacial score (nSPS) is 19.1. The fourth-order valence-corrected chi connectivity index (χ4v) is 3.84. The van der Waals surface area contributed by atoms with Crippen molar-refractivity contribution in [2.24, 2.45) is 0 Å². The van der Waals surface area contributed by atoms with Crippen molar-refractivity contribution in [3.63, 3.8) is 0 Å². The Morgan fingerprint density at radius 2 is 1.74 bits per heavy atom. The zero-order chi connectivity index (χ0) is 19.3. The lowest BCUT2D eigenvalue weighted by Crippen LogP contribution is -2.48. The van der Waals surface area contributed by atoms with Crippen LogP contribution in [0.5, 0.6) is 0 Å². The van der Waals surface area contributed by atoms with E-state index in [1.807, 2.05) is 4.90 Å². The Labute approximate surface area is 152 Å². The molecule has 1 amide bonds. The molecule has 1 fully saturated rings. The van der Waals surface area contributed by atoms with E-state index in [0.717, 1.165) is 48.1 Å². The summed E-state index contributed by atoms with van der Waals surface area (Å²) in [5.41, 5.74) is -1.17. The quantitative estimate of drug-likeness (QED) is 0.673. The highest BCUT2D eigenvalue weighted by atomic mass is 19.4. The lowest BCUT2D eigenvalue weighted by Gasteiger charge is -2.40. The summed E-state index contributed by atoms with van der Waals surface area (Å²) in [5.74, 6) is -3.05. The van der Waals surface area contributed by atoms with E-state index in [1.54, 1.807) is 0 Å². The van der Waals surface area contributed by atoms with Crippen LogP contribution in [0, 0.1) is 11.6 Å². The Morgan fingerprint density at radius 1 is 1.04 bits per heavy atom. The molecule has 1 atom stereocenters. The number of nitrogens with zero attached hydrogens (tertiary/aromatic N) is 2. The average Bonchev–Trinajstić information content (AvgIpc) is 3.08. The first kappa shape index (κ1) is 17.8. The molecule has 0 bridgehead atoms. The molecule has 0 radical (unpaired) electrons. The van der Waals surface area contributed by atoms with Gasteiger partial charge in [-0.2, -0.15) is 13.2 Å². The highest BCUT2D eigenvalue weighted by Crippen LogP contribution is 2.43. The van der Waals surface area contributed by atoms with E-state index in [2.05, 4.69) is 0 Å². The first-order chi connectivity index (χ1) is 12.8. The van der Waals surface area contributed by atoms with Gasteiger partial charge < -0.3 is 9.80 Å². The molecule has 4 rings (SSSR count). The SMILES string of the molecule is O=C(c1c(F)cccc1F)N1C[C@H]2CCCN2c2ccc(C(F)(F)F)cc21. The molecule has 3 nitrogen and oxygen atoms in total. The van der Waals surface area contributed by atoms with Crippen molar-refractivity contribution in [1.82, 2.24) is 0 Å². The van der Waals surface area contributed by atoms with Crippen molar-refractivity contribution >= 4 is 17.3 Å². The number of fused-ring (bicyclic) bond motifs is 3. The van der Waals surface area contributed by atoms with E-state index in [0.29, 0.717) is 12.2 Å². The van der Waals surface area contributed by atoms with Crippen LogP contribution in [0.2, 0.25) is 0 Å². The monoisotopic (exact) mass is 382 g/mol. The molecule has 0 N–H and O–H groups in total. The summed E-state index contributed by atoms with van der Waals surface area (Å²) in [6.45, 7) is 0.750. The minimum Gasteiger partial charge on any atom is -0.365 e. The van der Waals surface area contributed by atoms with Crippen LogP contribution in [0.3, 0.4) is 0 Å².